The highest BCUT2D eigenvalue weighted by molar-refractivity contribution is 5.44. The van der Waals surface area contributed by atoms with Gasteiger partial charge in [-0.2, -0.15) is 0 Å². The predicted molar refractivity (Wildman–Crippen MR) is 77.3 cm³/mol. The number of rotatable bonds is 5. The summed E-state index contributed by atoms with van der Waals surface area (Å²) in [6.07, 6.45) is 3.69. The summed E-state index contributed by atoms with van der Waals surface area (Å²) in [4.78, 5) is 10.6. The Kier molecular flexibility index (Phi) is 4.06. The molecule has 0 aliphatic carbocycles. The predicted octanol–water partition coefficient (Wildman–Crippen LogP) is 2.57. The van der Waals surface area contributed by atoms with E-state index in [4.69, 9.17) is 13.9 Å². The SMILES string of the molecule is COCc1ccc(C2CCCN2c2cc(OC)ncn2)o1. The normalized spacial score (nSPS) is 18.2. The lowest BCUT2D eigenvalue weighted by Crippen LogP contribution is -2.23. The summed E-state index contributed by atoms with van der Waals surface area (Å²) in [7, 11) is 3.27. The van der Waals surface area contributed by atoms with Crippen LogP contribution in [0.2, 0.25) is 0 Å². The fourth-order valence-electron chi connectivity index (χ4n) is 2.73. The molecule has 2 aromatic heterocycles. The van der Waals surface area contributed by atoms with E-state index in [0.29, 0.717) is 12.5 Å². The molecular weight excluding hydrogens is 270 g/mol. The van der Waals surface area contributed by atoms with Crippen molar-refractivity contribution >= 4 is 5.82 Å². The Bertz CT molecular complexity index is 599. The molecule has 3 rings (SSSR count). The van der Waals surface area contributed by atoms with Crippen molar-refractivity contribution in [1.29, 1.82) is 0 Å². The van der Waals surface area contributed by atoms with Crippen molar-refractivity contribution in [3.8, 4) is 5.88 Å². The highest BCUT2D eigenvalue weighted by Gasteiger charge is 2.29. The molecule has 112 valence electrons. The van der Waals surface area contributed by atoms with Gasteiger partial charge in [-0.3, -0.25) is 0 Å². The highest BCUT2D eigenvalue weighted by atomic mass is 16.5. The van der Waals surface area contributed by atoms with Gasteiger partial charge < -0.3 is 18.8 Å². The Morgan fingerprint density at radius 1 is 1.33 bits per heavy atom. The monoisotopic (exact) mass is 289 g/mol. The molecule has 2 aromatic rings. The van der Waals surface area contributed by atoms with Crippen LogP contribution < -0.4 is 9.64 Å². The number of ether oxygens (including phenoxy) is 2. The van der Waals surface area contributed by atoms with Crippen LogP contribution in [0, 0.1) is 0 Å². The summed E-state index contributed by atoms with van der Waals surface area (Å²) in [5.41, 5.74) is 0. The summed E-state index contributed by atoms with van der Waals surface area (Å²) >= 11 is 0. The first-order valence-electron chi connectivity index (χ1n) is 7.02. The van der Waals surface area contributed by atoms with Crippen molar-refractivity contribution in [2.45, 2.75) is 25.5 Å². The second-order valence-corrected chi connectivity index (χ2v) is 5.01. The number of furan rings is 1. The molecule has 1 unspecified atom stereocenters. The van der Waals surface area contributed by atoms with Crippen LogP contribution in [0.5, 0.6) is 5.88 Å². The molecule has 0 bridgehead atoms. The van der Waals surface area contributed by atoms with Crippen LogP contribution in [-0.2, 0) is 11.3 Å². The highest BCUT2D eigenvalue weighted by Crippen LogP contribution is 2.36. The Hall–Kier alpha value is -2.08. The van der Waals surface area contributed by atoms with Gasteiger partial charge in [-0.25, -0.2) is 9.97 Å². The summed E-state index contributed by atoms with van der Waals surface area (Å²) in [6, 6.07) is 6.05. The molecule has 0 radical (unpaired) electrons. The fraction of sp³-hybridized carbons (Fsp3) is 0.467. The maximum Gasteiger partial charge on any atom is 0.218 e. The third kappa shape index (κ3) is 2.85. The maximum atomic E-state index is 5.87. The Balaban J connectivity index is 1.83. The molecule has 1 aliphatic rings. The molecule has 0 amide bonds. The average molecular weight is 289 g/mol. The van der Waals surface area contributed by atoms with Gasteiger partial charge in [0.2, 0.25) is 5.88 Å². The number of aromatic nitrogens is 2. The summed E-state index contributed by atoms with van der Waals surface area (Å²) in [6.45, 7) is 1.44. The Morgan fingerprint density at radius 3 is 3.05 bits per heavy atom. The summed E-state index contributed by atoms with van der Waals surface area (Å²) < 4.78 is 16.1. The van der Waals surface area contributed by atoms with Crippen molar-refractivity contribution in [3.63, 3.8) is 0 Å². The van der Waals surface area contributed by atoms with E-state index in [9.17, 15) is 0 Å². The third-order valence-corrected chi connectivity index (χ3v) is 3.68. The topological polar surface area (TPSA) is 60.6 Å². The van der Waals surface area contributed by atoms with E-state index in [1.54, 1.807) is 14.2 Å². The van der Waals surface area contributed by atoms with Gasteiger partial charge in [0.25, 0.3) is 0 Å². The van der Waals surface area contributed by atoms with Gasteiger partial charge in [-0.05, 0) is 25.0 Å². The lowest BCUT2D eigenvalue weighted by atomic mass is 10.1. The molecule has 0 spiro atoms. The van der Waals surface area contributed by atoms with Gasteiger partial charge in [0, 0.05) is 19.7 Å². The van der Waals surface area contributed by atoms with E-state index in [-0.39, 0.29) is 6.04 Å². The molecule has 3 heterocycles. The molecule has 6 heteroatoms. The van der Waals surface area contributed by atoms with Crippen LogP contribution in [0.1, 0.15) is 30.4 Å². The van der Waals surface area contributed by atoms with Crippen LogP contribution in [-0.4, -0.2) is 30.7 Å². The Labute approximate surface area is 123 Å². The summed E-state index contributed by atoms with van der Waals surface area (Å²) in [5.74, 6) is 3.25. The van der Waals surface area contributed by atoms with Crippen molar-refractivity contribution in [3.05, 3.63) is 36.0 Å². The van der Waals surface area contributed by atoms with E-state index >= 15 is 0 Å². The molecule has 0 aromatic carbocycles. The number of nitrogens with zero attached hydrogens (tertiary/aromatic N) is 3. The van der Waals surface area contributed by atoms with Crippen molar-refractivity contribution in [1.82, 2.24) is 9.97 Å². The zero-order valence-electron chi connectivity index (χ0n) is 12.3. The first-order valence-corrected chi connectivity index (χ1v) is 7.02. The molecule has 0 saturated carbocycles. The zero-order chi connectivity index (χ0) is 14.7. The van der Waals surface area contributed by atoms with Crippen LogP contribution in [0.25, 0.3) is 0 Å². The first kappa shape index (κ1) is 13.9. The van der Waals surface area contributed by atoms with Gasteiger partial charge >= 0.3 is 0 Å². The molecule has 21 heavy (non-hydrogen) atoms. The largest absolute Gasteiger partial charge is 0.481 e. The molecule has 1 fully saturated rings. The number of methoxy groups -OCH3 is 2. The lowest BCUT2D eigenvalue weighted by Gasteiger charge is -2.24. The van der Waals surface area contributed by atoms with E-state index in [0.717, 1.165) is 36.7 Å². The van der Waals surface area contributed by atoms with Gasteiger partial charge in [0.1, 0.15) is 30.3 Å². The first-order chi connectivity index (χ1) is 10.3. The number of hydrogen-bond donors (Lipinski definition) is 0. The number of anilines is 1. The van der Waals surface area contributed by atoms with Crippen LogP contribution in [0.15, 0.2) is 28.9 Å². The molecule has 0 N–H and O–H groups in total. The standard InChI is InChI=1S/C15H19N3O3/c1-19-9-11-5-6-13(21-11)12-4-3-7-18(12)14-8-15(20-2)17-10-16-14/h5-6,8,10,12H,3-4,7,9H2,1-2H3. The molecule has 1 saturated heterocycles. The van der Waals surface area contributed by atoms with E-state index in [2.05, 4.69) is 14.9 Å². The quantitative estimate of drug-likeness (QED) is 0.843. The summed E-state index contributed by atoms with van der Waals surface area (Å²) in [5, 5.41) is 0. The minimum Gasteiger partial charge on any atom is -0.481 e. The Morgan fingerprint density at radius 2 is 2.24 bits per heavy atom. The maximum absolute atomic E-state index is 5.87. The van der Waals surface area contributed by atoms with Gasteiger partial charge in [-0.1, -0.05) is 0 Å². The minimum absolute atomic E-state index is 0.204. The van der Waals surface area contributed by atoms with Crippen LogP contribution in [0.4, 0.5) is 5.82 Å². The van der Waals surface area contributed by atoms with E-state index in [1.807, 2.05) is 18.2 Å². The van der Waals surface area contributed by atoms with E-state index < -0.39 is 0 Å². The van der Waals surface area contributed by atoms with Crippen LogP contribution in [0.3, 0.4) is 0 Å². The third-order valence-electron chi connectivity index (χ3n) is 3.68. The van der Waals surface area contributed by atoms with Gasteiger partial charge in [0.05, 0.1) is 13.2 Å². The fourth-order valence-corrected chi connectivity index (χ4v) is 2.73. The second-order valence-electron chi connectivity index (χ2n) is 5.01. The molecular formula is C15H19N3O3. The van der Waals surface area contributed by atoms with Gasteiger partial charge in [0.15, 0.2) is 0 Å². The molecule has 1 aliphatic heterocycles. The average Bonchev–Trinajstić information content (AvgIpc) is 3.16. The smallest absolute Gasteiger partial charge is 0.218 e. The zero-order valence-corrected chi connectivity index (χ0v) is 12.3. The van der Waals surface area contributed by atoms with E-state index in [1.165, 1.54) is 6.33 Å². The van der Waals surface area contributed by atoms with Crippen molar-refractivity contribution in [2.75, 3.05) is 25.7 Å². The number of hydrogen-bond acceptors (Lipinski definition) is 6. The van der Waals surface area contributed by atoms with Crippen molar-refractivity contribution < 1.29 is 13.9 Å². The minimum atomic E-state index is 0.204. The lowest BCUT2D eigenvalue weighted by molar-refractivity contribution is 0.162. The van der Waals surface area contributed by atoms with Crippen LogP contribution >= 0.6 is 0 Å². The van der Waals surface area contributed by atoms with Gasteiger partial charge in [-0.15, -0.1) is 0 Å². The molecule has 6 nitrogen and oxygen atoms in total. The van der Waals surface area contributed by atoms with Crippen molar-refractivity contribution in [2.24, 2.45) is 0 Å². The second kappa shape index (κ2) is 6.13. The molecule has 1 atom stereocenters.